The molecule has 5 nitrogen and oxygen atoms in total. The van der Waals surface area contributed by atoms with Crippen LogP contribution in [0.2, 0.25) is 0 Å². The first kappa shape index (κ1) is 16.7. The highest BCUT2D eigenvalue weighted by molar-refractivity contribution is 5.66. The fourth-order valence-electron chi connectivity index (χ4n) is 3.22. The first-order valence-electron chi connectivity index (χ1n) is 8.38. The number of benzene rings is 1. The van der Waals surface area contributed by atoms with E-state index in [2.05, 4.69) is 19.7 Å². The molecule has 3 aromatic rings. The normalized spacial score (nSPS) is 15.0. The van der Waals surface area contributed by atoms with Crippen LogP contribution < -0.4 is 9.64 Å². The quantitative estimate of drug-likeness (QED) is 0.700. The van der Waals surface area contributed by atoms with Gasteiger partial charge in [-0.3, -0.25) is 0 Å². The van der Waals surface area contributed by atoms with Gasteiger partial charge < -0.3 is 9.64 Å². The van der Waals surface area contributed by atoms with Crippen LogP contribution in [0.25, 0.3) is 16.9 Å². The molecule has 0 unspecified atom stereocenters. The van der Waals surface area contributed by atoms with Gasteiger partial charge in [0.15, 0.2) is 5.65 Å². The lowest BCUT2D eigenvalue weighted by Gasteiger charge is -2.18. The summed E-state index contributed by atoms with van der Waals surface area (Å²) in [6, 6.07) is 9.54. The first-order chi connectivity index (χ1) is 12.4. The van der Waals surface area contributed by atoms with E-state index in [4.69, 9.17) is 0 Å². The summed E-state index contributed by atoms with van der Waals surface area (Å²) in [7, 11) is 0. The van der Waals surface area contributed by atoms with Gasteiger partial charge in [-0.05, 0) is 44.0 Å². The maximum atomic E-state index is 12.3. The highest BCUT2D eigenvalue weighted by Gasteiger charge is 2.31. The number of halogens is 3. The zero-order valence-corrected chi connectivity index (χ0v) is 14.1. The molecule has 8 heteroatoms. The molecule has 136 valence electrons. The highest BCUT2D eigenvalue weighted by atomic mass is 19.4. The molecule has 1 aromatic carbocycles. The monoisotopic (exact) mass is 362 g/mol. The number of anilines is 1. The van der Waals surface area contributed by atoms with Crippen molar-refractivity contribution in [3.05, 3.63) is 42.1 Å². The van der Waals surface area contributed by atoms with Crippen LogP contribution in [0.1, 0.15) is 18.5 Å². The van der Waals surface area contributed by atoms with Crippen LogP contribution >= 0.6 is 0 Å². The Hall–Kier alpha value is -2.77. The van der Waals surface area contributed by atoms with Crippen molar-refractivity contribution < 1.29 is 17.9 Å². The SMILES string of the molecule is Cc1cc(N2CCCC2)n2nc(-c3ccc(OC(F)(F)F)cc3)cc2n1. The molecule has 0 amide bonds. The number of nitrogens with zero attached hydrogens (tertiary/aromatic N) is 4. The number of aryl methyl sites for hydroxylation is 1. The van der Waals surface area contributed by atoms with Gasteiger partial charge in [-0.2, -0.15) is 9.61 Å². The molecule has 0 radical (unpaired) electrons. The number of rotatable bonds is 3. The van der Waals surface area contributed by atoms with Gasteiger partial charge in [0, 0.05) is 36.5 Å². The summed E-state index contributed by atoms with van der Waals surface area (Å²) in [5.74, 6) is 0.741. The molecule has 0 spiro atoms. The Bertz CT molecular complexity index is 928. The number of alkyl halides is 3. The van der Waals surface area contributed by atoms with E-state index >= 15 is 0 Å². The molecule has 1 aliphatic heterocycles. The summed E-state index contributed by atoms with van der Waals surface area (Å²) in [4.78, 5) is 6.80. The molecule has 0 aliphatic carbocycles. The average molecular weight is 362 g/mol. The van der Waals surface area contributed by atoms with Crippen molar-refractivity contribution in [2.75, 3.05) is 18.0 Å². The topological polar surface area (TPSA) is 42.7 Å². The third-order valence-electron chi connectivity index (χ3n) is 4.35. The second-order valence-corrected chi connectivity index (χ2v) is 6.32. The van der Waals surface area contributed by atoms with E-state index in [9.17, 15) is 13.2 Å². The Balaban J connectivity index is 1.70. The predicted molar refractivity (Wildman–Crippen MR) is 91.3 cm³/mol. The molecule has 0 atom stereocenters. The standard InChI is InChI=1S/C18H17F3N4O/c1-12-10-17(24-8-2-3-9-24)25-16(22-12)11-15(23-25)13-4-6-14(7-5-13)26-18(19,20)21/h4-7,10-11H,2-3,8-9H2,1H3. The zero-order chi connectivity index (χ0) is 18.3. The second kappa shape index (κ2) is 6.19. The number of hydrogen-bond acceptors (Lipinski definition) is 4. The third-order valence-corrected chi connectivity index (χ3v) is 4.35. The summed E-state index contributed by atoms with van der Waals surface area (Å²) in [6.45, 7) is 3.91. The van der Waals surface area contributed by atoms with Crippen LogP contribution in [0, 0.1) is 6.92 Å². The fraction of sp³-hybridized carbons (Fsp3) is 0.333. The molecule has 1 fully saturated rings. The summed E-state index contributed by atoms with van der Waals surface area (Å²) in [6.07, 6.45) is -2.40. The van der Waals surface area contributed by atoms with E-state index in [1.54, 1.807) is 16.6 Å². The second-order valence-electron chi connectivity index (χ2n) is 6.32. The smallest absolute Gasteiger partial charge is 0.406 e. The summed E-state index contributed by atoms with van der Waals surface area (Å²) >= 11 is 0. The first-order valence-corrected chi connectivity index (χ1v) is 8.38. The van der Waals surface area contributed by atoms with Gasteiger partial charge in [-0.1, -0.05) is 0 Å². The number of fused-ring (bicyclic) bond motifs is 1. The molecule has 1 aliphatic rings. The molecule has 3 heterocycles. The molecule has 0 saturated carbocycles. The Kier molecular flexibility index (Phi) is 3.97. The van der Waals surface area contributed by atoms with Crippen LogP contribution in [0.15, 0.2) is 36.4 Å². The Morgan fingerprint density at radius 3 is 2.38 bits per heavy atom. The van der Waals surface area contributed by atoms with Gasteiger partial charge in [-0.25, -0.2) is 4.98 Å². The highest BCUT2D eigenvalue weighted by Crippen LogP contribution is 2.28. The van der Waals surface area contributed by atoms with Gasteiger partial charge in [0.2, 0.25) is 0 Å². The lowest BCUT2D eigenvalue weighted by atomic mass is 10.1. The minimum atomic E-state index is -4.70. The van der Waals surface area contributed by atoms with E-state index in [1.165, 1.54) is 12.1 Å². The molecule has 0 bridgehead atoms. The average Bonchev–Trinajstić information content (AvgIpc) is 3.22. The molecule has 1 saturated heterocycles. The third kappa shape index (κ3) is 3.31. The van der Waals surface area contributed by atoms with Gasteiger partial charge in [0.05, 0.1) is 5.69 Å². The summed E-state index contributed by atoms with van der Waals surface area (Å²) in [5.41, 5.74) is 2.98. The van der Waals surface area contributed by atoms with Gasteiger partial charge >= 0.3 is 6.36 Å². The van der Waals surface area contributed by atoms with E-state index in [0.717, 1.165) is 43.1 Å². The van der Waals surface area contributed by atoms with Crippen LogP contribution in [-0.4, -0.2) is 34.0 Å². The van der Waals surface area contributed by atoms with Crippen molar-refractivity contribution in [3.8, 4) is 17.0 Å². The van der Waals surface area contributed by atoms with Crippen LogP contribution in [0.3, 0.4) is 0 Å². The largest absolute Gasteiger partial charge is 0.573 e. The van der Waals surface area contributed by atoms with E-state index in [-0.39, 0.29) is 5.75 Å². The number of aromatic nitrogens is 3. The molecule has 0 N–H and O–H groups in total. The predicted octanol–water partition coefficient (Wildman–Crippen LogP) is 4.20. The Morgan fingerprint density at radius 1 is 1.04 bits per heavy atom. The summed E-state index contributed by atoms with van der Waals surface area (Å²) < 4.78 is 42.6. The van der Waals surface area contributed by atoms with Gasteiger partial charge in [-0.15, -0.1) is 13.2 Å². The van der Waals surface area contributed by atoms with Gasteiger partial charge in [0.25, 0.3) is 0 Å². The van der Waals surface area contributed by atoms with Crippen molar-refractivity contribution in [3.63, 3.8) is 0 Å². The molecular formula is C18H17F3N4O. The number of ether oxygens (including phenoxy) is 1. The van der Waals surface area contributed by atoms with Gasteiger partial charge in [0.1, 0.15) is 11.6 Å². The van der Waals surface area contributed by atoms with E-state index < -0.39 is 6.36 Å². The zero-order valence-electron chi connectivity index (χ0n) is 14.1. The minimum absolute atomic E-state index is 0.253. The van der Waals surface area contributed by atoms with E-state index in [0.29, 0.717) is 11.3 Å². The minimum Gasteiger partial charge on any atom is -0.406 e. The molecule has 2 aromatic heterocycles. The Labute approximate surface area is 148 Å². The van der Waals surface area contributed by atoms with Crippen molar-refractivity contribution >= 4 is 11.5 Å². The molecular weight excluding hydrogens is 345 g/mol. The lowest BCUT2D eigenvalue weighted by Crippen LogP contribution is -2.21. The maximum absolute atomic E-state index is 12.3. The number of hydrogen-bond donors (Lipinski definition) is 0. The van der Waals surface area contributed by atoms with Crippen LogP contribution in [0.5, 0.6) is 5.75 Å². The van der Waals surface area contributed by atoms with Crippen molar-refractivity contribution in [2.24, 2.45) is 0 Å². The molecule has 26 heavy (non-hydrogen) atoms. The Morgan fingerprint density at radius 2 is 1.73 bits per heavy atom. The van der Waals surface area contributed by atoms with Crippen molar-refractivity contribution in [1.29, 1.82) is 0 Å². The van der Waals surface area contributed by atoms with Crippen LogP contribution in [0.4, 0.5) is 19.0 Å². The van der Waals surface area contributed by atoms with Crippen molar-refractivity contribution in [1.82, 2.24) is 14.6 Å². The van der Waals surface area contributed by atoms with Crippen molar-refractivity contribution in [2.45, 2.75) is 26.1 Å². The fourth-order valence-corrected chi connectivity index (χ4v) is 3.22. The summed E-state index contributed by atoms with van der Waals surface area (Å²) in [5, 5.41) is 4.62. The van der Waals surface area contributed by atoms with E-state index in [1.807, 2.05) is 19.1 Å². The molecule has 4 rings (SSSR count). The lowest BCUT2D eigenvalue weighted by molar-refractivity contribution is -0.274. The maximum Gasteiger partial charge on any atom is 0.573 e. The van der Waals surface area contributed by atoms with Crippen LogP contribution in [-0.2, 0) is 0 Å².